The lowest BCUT2D eigenvalue weighted by molar-refractivity contribution is -0.302. The summed E-state index contributed by atoms with van der Waals surface area (Å²) in [5, 5.41) is 39.6. The van der Waals surface area contributed by atoms with Crippen molar-refractivity contribution in [3.63, 3.8) is 0 Å². The number of esters is 1. The fourth-order valence-corrected chi connectivity index (χ4v) is 3.07. The van der Waals surface area contributed by atoms with E-state index in [1.165, 1.54) is 30.3 Å². The molecule has 4 N–H and O–H groups in total. The number of carbonyl (C=O) groups excluding carboxylic acids is 2. The zero-order valence-electron chi connectivity index (χ0n) is 17.0. The molecular formula is C21H24O9. The molecule has 0 spiro atoms. The average Bonchev–Trinajstić information content (AvgIpc) is 3.16. The van der Waals surface area contributed by atoms with E-state index in [1.54, 1.807) is 6.08 Å². The predicted molar refractivity (Wildman–Crippen MR) is 103 cm³/mol. The van der Waals surface area contributed by atoms with E-state index in [4.69, 9.17) is 15.6 Å². The van der Waals surface area contributed by atoms with E-state index in [1.807, 2.05) is 0 Å². The predicted octanol–water partition coefficient (Wildman–Crippen LogP) is -0.0820. The maximum Gasteiger partial charge on any atom is 0.330 e. The van der Waals surface area contributed by atoms with E-state index in [0.717, 1.165) is 6.08 Å². The first-order chi connectivity index (χ1) is 14.7. The third kappa shape index (κ3) is 5.74. The highest BCUT2D eigenvalue weighted by molar-refractivity contribution is 5.92. The first kappa shape index (κ1) is 20.7. The summed E-state index contributed by atoms with van der Waals surface area (Å²) in [5.41, 5.74) is 0.384. The summed E-state index contributed by atoms with van der Waals surface area (Å²) in [6, 6.07) is 5.52. The van der Waals surface area contributed by atoms with Gasteiger partial charge in [0.05, 0.1) is 7.98 Å². The number of ketones is 1. The van der Waals surface area contributed by atoms with E-state index in [9.17, 15) is 30.0 Å². The Bertz CT molecular complexity index is 851. The van der Waals surface area contributed by atoms with Crippen LogP contribution in [0.3, 0.4) is 0 Å². The van der Waals surface area contributed by atoms with Crippen molar-refractivity contribution in [1.29, 1.82) is 0 Å². The van der Waals surface area contributed by atoms with Crippen LogP contribution in [0.4, 0.5) is 0 Å². The van der Waals surface area contributed by atoms with Gasteiger partial charge in [-0.1, -0.05) is 18.2 Å². The van der Waals surface area contributed by atoms with Crippen LogP contribution in [0.2, 0.25) is 0 Å². The lowest BCUT2D eigenvalue weighted by Crippen LogP contribution is -2.59. The lowest BCUT2D eigenvalue weighted by Gasteiger charge is -2.40. The number of ether oxygens (including phenoxy) is 3. The first-order valence-corrected chi connectivity index (χ1v) is 9.41. The Labute approximate surface area is 174 Å². The van der Waals surface area contributed by atoms with Crippen molar-refractivity contribution in [2.45, 2.75) is 37.1 Å². The number of hydrogen-bond donors (Lipinski definition) is 4. The molecule has 1 aliphatic carbocycles. The Morgan fingerprint density at radius 2 is 1.90 bits per heavy atom. The molecule has 0 saturated carbocycles. The van der Waals surface area contributed by atoms with Crippen LogP contribution in [0.15, 0.2) is 42.5 Å². The molecule has 1 aromatic carbocycles. The van der Waals surface area contributed by atoms with E-state index in [0.29, 0.717) is 5.56 Å². The van der Waals surface area contributed by atoms with Gasteiger partial charge in [0.15, 0.2) is 12.1 Å². The number of benzene rings is 1. The smallest absolute Gasteiger partial charge is 0.330 e. The topological polar surface area (TPSA) is 143 Å². The second-order valence-electron chi connectivity index (χ2n) is 7.10. The van der Waals surface area contributed by atoms with E-state index in [-0.39, 0.29) is 36.5 Å². The van der Waals surface area contributed by atoms with Crippen molar-refractivity contribution in [3.8, 4) is 5.75 Å². The Hall–Kier alpha value is -2.56. The van der Waals surface area contributed by atoms with Crippen molar-refractivity contribution >= 4 is 17.8 Å². The van der Waals surface area contributed by atoms with Crippen LogP contribution >= 0.6 is 0 Å². The molecule has 0 bridgehead atoms. The summed E-state index contributed by atoms with van der Waals surface area (Å²) >= 11 is 0. The molecule has 3 rings (SSSR count). The number of carbonyl (C=O) groups is 2. The molecule has 2 unspecified atom stereocenters. The molecule has 9 nitrogen and oxygen atoms in total. The van der Waals surface area contributed by atoms with Gasteiger partial charge in [0.2, 0.25) is 0 Å². The number of allylic oxidation sites excluding steroid dienone is 1. The van der Waals surface area contributed by atoms with E-state index >= 15 is 0 Å². The van der Waals surface area contributed by atoms with Gasteiger partial charge in [-0.15, -0.1) is 0 Å². The summed E-state index contributed by atoms with van der Waals surface area (Å²) < 4.78 is 23.8. The minimum absolute atomic E-state index is 0.0237. The zero-order valence-corrected chi connectivity index (χ0v) is 16.0. The van der Waals surface area contributed by atoms with Crippen molar-refractivity contribution in [2.75, 3.05) is 13.2 Å². The SMILES string of the molecule is [2H]/C(=C\C(=O)OC[C@H]1OC(OCC2C=CC(=O)C2)[C@H](O)[C@@H](O)[C@@H]1O)c1ccc(O)cc1. The highest BCUT2D eigenvalue weighted by Gasteiger charge is 2.45. The molecule has 30 heavy (non-hydrogen) atoms. The molecule has 0 radical (unpaired) electrons. The second kappa shape index (κ2) is 9.96. The van der Waals surface area contributed by atoms with Crippen molar-refractivity contribution < 1.29 is 45.6 Å². The fraction of sp³-hybridized carbons (Fsp3) is 0.429. The fourth-order valence-electron chi connectivity index (χ4n) is 3.07. The maximum absolute atomic E-state index is 12.0. The quantitative estimate of drug-likeness (QED) is 0.351. The van der Waals surface area contributed by atoms with Crippen molar-refractivity contribution in [1.82, 2.24) is 0 Å². The summed E-state index contributed by atoms with van der Waals surface area (Å²) in [7, 11) is 0. The summed E-state index contributed by atoms with van der Waals surface area (Å²) in [6.07, 6.45) is -2.80. The molecule has 0 amide bonds. The molecule has 2 aliphatic rings. The monoisotopic (exact) mass is 421 g/mol. The Kier molecular flexibility index (Phi) is 6.88. The molecule has 1 fully saturated rings. The van der Waals surface area contributed by atoms with Crippen LogP contribution in [0.5, 0.6) is 5.75 Å². The molecule has 0 aromatic heterocycles. The molecule has 9 heteroatoms. The van der Waals surface area contributed by atoms with Crippen LogP contribution in [-0.2, 0) is 23.8 Å². The maximum atomic E-state index is 12.0. The lowest BCUT2D eigenvalue weighted by atomic mass is 9.99. The van der Waals surface area contributed by atoms with Crippen LogP contribution in [0.25, 0.3) is 6.05 Å². The highest BCUT2D eigenvalue weighted by atomic mass is 16.7. The van der Waals surface area contributed by atoms with Crippen molar-refractivity contribution in [2.24, 2.45) is 5.92 Å². The first-order valence-electron chi connectivity index (χ1n) is 9.91. The van der Waals surface area contributed by atoms with Crippen LogP contribution < -0.4 is 0 Å². The average molecular weight is 421 g/mol. The second-order valence-corrected chi connectivity index (χ2v) is 7.10. The largest absolute Gasteiger partial charge is 0.508 e. The van der Waals surface area contributed by atoms with Crippen LogP contribution in [-0.4, -0.2) is 76.1 Å². The number of aromatic hydroxyl groups is 1. The molecule has 1 saturated heterocycles. The van der Waals surface area contributed by atoms with Crippen LogP contribution in [0, 0.1) is 5.92 Å². The molecule has 162 valence electrons. The van der Waals surface area contributed by atoms with Gasteiger partial charge in [0, 0.05) is 18.4 Å². The number of rotatable bonds is 7. The van der Waals surface area contributed by atoms with Gasteiger partial charge in [0.1, 0.15) is 36.8 Å². The number of phenols is 1. The van der Waals surface area contributed by atoms with Gasteiger partial charge in [0.25, 0.3) is 0 Å². The van der Waals surface area contributed by atoms with Gasteiger partial charge in [-0.3, -0.25) is 4.79 Å². The Balaban J connectivity index is 1.54. The highest BCUT2D eigenvalue weighted by Crippen LogP contribution is 2.24. The zero-order chi connectivity index (χ0) is 22.5. The number of phenolic OH excluding ortho intramolecular Hbond substituents is 1. The molecule has 1 aliphatic heterocycles. The van der Waals surface area contributed by atoms with Gasteiger partial charge in [-0.25, -0.2) is 4.79 Å². The third-order valence-corrected chi connectivity index (χ3v) is 4.77. The molecule has 1 heterocycles. The number of hydrogen-bond acceptors (Lipinski definition) is 9. The standard InChI is InChI=1S/C21H24O9/c22-14-5-1-12(2-6-14)4-8-17(24)28-11-16-18(25)19(26)20(27)21(30-16)29-10-13-3-7-15(23)9-13/h1-8,13,16,18-22,25-27H,9-11H2/b8-4+/t13?,16-,18-,19+,20-,21?/m1/s1/i4D. The van der Waals surface area contributed by atoms with E-state index in [2.05, 4.69) is 0 Å². The summed E-state index contributed by atoms with van der Waals surface area (Å²) in [4.78, 5) is 23.3. The van der Waals surface area contributed by atoms with Gasteiger partial charge in [-0.05, 0) is 29.8 Å². The Morgan fingerprint density at radius 1 is 1.17 bits per heavy atom. The summed E-state index contributed by atoms with van der Waals surface area (Å²) in [6.45, 7) is -0.387. The third-order valence-electron chi connectivity index (χ3n) is 4.77. The van der Waals surface area contributed by atoms with Gasteiger partial charge in [-0.2, -0.15) is 0 Å². The Morgan fingerprint density at radius 3 is 2.57 bits per heavy atom. The molecule has 1 aromatic rings. The minimum atomic E-state index is -1.59. The van der Waals surface area contributed by atoms with Gasteiger partial charge >= 0.3 is 5.97 Å². The summed E-state index contributed by atoms with van der Waals surface area (Å²) in [5.74, 6) is -1.06. The van der Waals surface area contributed by atoms with Crippen molar-refractivity contribution in [3.05, 3.63) is 48.1 Å². The van der Waals surface area contributed by atoms with Crippen LogP contribution in [0.1, 0.15) is 13.4 Å². The number of aliphatic hydroxyl groups excluding tert-OH is 3. The number of aliphatic hydroxyl groups is 3. The molecule has 6 atom stereocenters. The minimum Gasteiger partial charge on any atom is -0.508 e. The normalized spacial score (nSPS) is 32.2. The molecular weight excluding hydrogens is 396 g/mol. The van der Waals surface area contributed by atoms with Gasteiger partial charge < -0.3 is 34.6 Å². The van der Waals surface area contributed by atoms with E-state index < -0.39 is 43.3 Å².